The summed E-state index contributed by atoms with van der Waals surface area (Å²) >= 11 is 0. The second-order valence-corrected chi connectivity index (χ2v) is 5.22. The van der Waals surface area contributed by atoms with Crippen molar-refractivity contribution in [3.8, 4) is 0 Å². The Labute approximate surface area is 79.0 Å². The first kappa shape index (κ1) is 8.25. The van der Waals surface area contributed by atoms with Crippen LogP contribution in [0.1, 0.15) is 38.5 Å². The van der Waals surface area contributed by atoms with Gasteiger partial charge in [0.2, 0.25) is 0 Å². The van der Waals surface area contributed by atoms with Crippen molar-refractivity contribution < 1.29 is 10.2 Å². The van der Waals surface area contributed by atoms with Gasteiger partial charge in [0.1, 0.15) is 0 Å². The predicted octanol–water partition coefficient (Wildman–Crippen LogP) is 1.31. The maximum atomic E-state index is 10.5. The Morgan fingerprint density at radius 3 is 2.69 bits per heavy atom. The average Bonchev–Trinajstić information content (AvgIpc) is 2.60. The fourth-order valence-electron chi connectivity index (χ4n) is 4.74. The summed E-state index contributed by atoms with van der Waals surface area (Å²) in [7, 11) is 0. The lowest BCUT2D eigenvalue weighted by molar-refractivity contribution is -0.242. The first-order valence-electron chi connectivity index (χ1n) is 5.58. The van der Waals surface area contributed by atoms with Crippen LogP contribution < -0.4 is 0 Å². The molecule has 13 heavy (non-hydrogen) atoms. The van der Waals surface area contributed by atoms with Gasteiger partial charge in [0.05, 0.1) is 5.60 Å². The van der Waals surface area contributed by atoms with Crippen LogP contribution >= 0.6 is 0 Å². The van der Waals surface area contributed by atoms with Crippen molar-refractivity contribution in [2.45, 2.75) is 44.1 Å². The average molecular weight is 182 g/mol. The molecule has 3 aliphatic rings. The summed E-state index contributed by atoms with van der Waals surface area (Å²) in [6, 6.07) is 0. The van der Waals surface area contributed by atoms with Gasteiger partial charge in [-0.15, -0.1) is 0 Å². The molecule has 1 spiro atoms. The fourth-order valence-corrected chi connectivity index (χ4v) is 4.74. The van der Waals surface area contributed by atoms with Gasteiger partial charge in [-0.1, -0.05) is 6.42 Å². The molecule has 0 aromatic heterocycles. The molecule has 0 aliphatic heterocycles. The van der Waals surface area contributed by atoms with Gasteiger partial charge in [-0.3, -0.25) is 0 Å². The molecular weight excluding hydrogens is 164 g/mol. The van der Waals surface area contributed by atoms with Crippen molar-refractivity contribution in [2.75, 3.05) is 6.61 Å². The summed E-state index contributed by atoms with van der Waals surface area (Å²) in [5.74, 6) is 0.850. The van der Waals surface area contributed by atoms with Crippen molar-refractivity contribution in [1.82, 2.24) is 0 Å². The molecule has 2 nitrogen and oxygen atoms in total. The lowest BCUT2D eigenvalue weighted by Crippen LogP contribution is -2.66. The SMILES string of the molecule is OCC1C2CCCC23CCCC13O. The zero-order valence-electron chi connectivity index (χ0n) is 8.00. The molecule has 0 aromatic carbocycles. The third-order valence-corrected chi connectivity index (χ3v) is 5.19. The summed E-state index contributed by atoms with van der Waals surface area (Å²) in [4.78, 5) is 0. The van der Waals surface area contributed by atoms with Crippen LogP contribution in [0.15, 0.2) is 0 Å². The number of aliphatic hydroxyl groups is 2. The Morgan fingerprint density at radius 1 is 1.15 bits per heavy atom. The third-order valence-electron chi connectivity index (χ3n) is 5.19. The van der Waals surface area contributed by atoms with E-state index in [0.29, 0.717) is 5.92 Å². The number of rotatable bonds is 1. The van der Waals surface area contributed by atoms with E-state index in [2.05, 4.69) is 0 Å². The number of aliphatic hydroxyl groups excluding tert-OH is 1. The van der Waals surface area contributed by atoms with Crippen molar-refractivity contribution in [1.29, 1.82) is 0 Å². The Hall–Kier alpha value is -0.0800. The van der Waals surface area contributed by atoms with Crippen molar-refractivity contribution >= 4 is 0 Å². The molecule has 0 heterocycles. The molecule has 4 unspecified atom stereocenters. The molecule has 0 radical (unpaired) electrons. The molecular formula is C11H18O2. The molecule has 2 heteroatoms. The molecule has 4 atom stereocenters. The molecule has 0 amide bonds. The van der Waals surface area contributed by atoms with Gasteiger partial charge in [0.25, 0.3) is 0 Å². The van der Waals surface area contributed by atoms with E-state index in [1.54, 1.807) is 0 Å². The van der Waals surface area contributed by atoms with Crippen LogP contribution in [-0.4, -0.2) is 22.4 Å². The van der Waals surface area contributed by atoms with Gasteiger partial charge in [-0.25, -0.2) is 0 Å². The monoisotopic (exact) mass is 182 g/mol. The summed E-state index contributed by atoms with van der Waals surface area (Å²) in [6.07, 6.45) is 7.05. The van der Waals surface area contributed by atoms with E-state index in [4.69, 9.17) is 0 Å². The number of hydrogen-bond donors (Lipinski definition) is 2. The van der Waals surface area contributed by atoms with Crippen LogP contribution in [0, 0.1) is 17.3 Å². The molecule has 74 valence electrons. The summed E-state index contributed by atoms with van der Waals surface area (Å²) in [5.41, 5.74) is -0.219. The zero-order chi connectivity index (χ0) is 9.10. The molecule has 0 saturated heterocycles. The lowest BCUT2D eigenvalue weighted by Gasteiger charge is -2.61. The summed E-state index contributed by atoms with van der Waals surface area (Å²) in [6.45, 7) is 0.197. The zero-order valence-corrected chi connectivity index (χ0v) is 8.00. The molecule has 2 N–H and O–H groups in total. The highest BCUT2D eigenvalue weighted by atomic mass is 16.3. The van der Waals surface area contributed by atoms with E-state index in [1.165, 1.54) is 32.1 Å². The second kappa shape index (κ2) is 2.29. The van der Waals surface area contributed by atoms with E-state index < -0.39 is 5.60 Å². The van der Waals surface area contributed by atoms with Gasteiger partial charge in [0.15, 0.2) is 0 Å². The van der Waals surface area contributed by atoms with Gasteiger partial charge >= 0.3 is 0 Å². The van der Waals surface area contributed by atoms with E-state index in [-0.39, 0.29) is 17.9 Å². The van der Waals surface area contributed by atoms with Crippen LogP contribution in [0.5, 0.6) is 0 Å². The normalized spacial score (nSPS) is 58.6. The smallest absolute Gasteiger partial charge is 0.0759 e. The van der Waals surface area contributed by atoms with E-state index in [9.17, 15) is 10.2 Å². The van der Waals surface area contributed by atoms with Crippen LogP contribution in [0.4, 0.5) is 0 Å². The van der Waals surface area contributed by atoms with Crippen LogP contribution in [0.3, 0.4) is 0 Å². The first-order valence-corrected chi connectivity index (χ1v) is 5.58. The lowest BCUT2D eigenvalue weighted by atomic mass is 9.47. The Kier molecular flexibility index (Phi) is 1.45. The van der Waals surface area contributed by atoms with Crippen molar-refractivity contribution in [2.24, 2.45) is 17.3 Å². The highest BCUT2D eigenvalue weighted by Gasteiger charge is 2.73. The topological polar surface area (TPSA) is 40.5 Å². The van der Waals surface area contributed by atoms with E-state index >= 15 is 0 Å². The maximum absolute atomic E-state index is 10.5. The fraction of sp³-hybridized carbons (Fsp3) is 1.00. The van der Waals surface area contributed by atoms with Gasteiger partial charge in [0, 0.05) is 17.9 Å². The van der Waals surface area contributed by atoms with Gasteiger partial charge < -0.3 is 10.2 Å². The second-order valence-electron chi connectivity index (χ2n) is 5.22. The number of hydrogen-bond acceptors (Lipinski definition) is 2. The quantitative estimate of drug-likeness (QED) is 0.642. The van der Waals surface area contributed by atoms with Crippen LogP contribution in [0.25, 0.3) is 0 Å². The molecule has 3 saturated carbocycles. The highest BCUT2D eigenvalue weighted by molar-refractivity contribution is 5.22. The minimum absolute atomic E-state index is 0.197. The Balaban J connectivity index is 1.99. The van der Waals surface area contributed by atoms with Crippen LogP contribution in [0.2, 0.25) is 0 Å². The third kappa shape index (κ3) is 0.668. The van der Waals surface area contributed by atoms with E-state index in [0.717, 1.165) is 6.42 Å². The Morgan fingerprint density at radius 2 is 1.92 bits per heavy atom. The molecule has 3 aliphatic carbocycles. The first-order chi connectivity index (χ1) is 6.24. The minimum Gasteiger partial charge on any atom is -0.396 e. The molecule has 3 rings (SSSR count). The van der Waals surface area contributed by atoms with E-state index in [1.807, 2.05) is 0 Å². The standard InChI is InChI=1S/C11H18O2/c12-7-9-8-3-1-4-10(8)5-2-6-11(9,10)13/h8-9,12-13H,1-7H2. The summed E-state index contributed by atoms with van der Waals surface area (Å²) in [5, 5.41) is 19.8. The Bertz CT molecular complexity index is 236. The van der Waals surface area contributed by atoms with Crippen molar-refractivity contribution in [3.63, 3.8) is 0 Å². The van der Waals surface area contributed by atoms with Gasteiger partial charge in [-0.2, -0.15) is 0 Å². The predicted molar refractivity (Wildman–Crippen MR) is 49.2 cm³/mol. The maximum Gasteiger partial charge on any atom is 0.0759 e. The summed E-state index contributed by atoms with van der Waals surface area (Å²) < 4.78 is 0. The largest absolute Gasteiger partial charge is 0.396 e. The molecule has 0 aromatic rings. The van der Waals surface area contributed by atoms with Gasteiger partial charge in [-0.05, 0) is 38.0 Å². The van der Waals surface area contributed by atoms with Crippen molar-refractivity contribution in [3.05, 3.63) is 0 Å². The molecule has 0 bridgehead atoms. The minimum atomic E-state index is -0.469. The molecule has 3 fully saturated rings. The van der Waals surface area contributed by atoms with Crippen LogP contribution in [-0.2, 0) is 0 Å². The highest BCUT2D eigenvalue weighted by Crippen LogP contribution is 2.73.